The summed E-state index contributed by atoms with van der Waals surface area (Å²) in [5.74, 6) is -0.336. The molecule has 0 aliphatic heterocycles. The number of nitrogens with two attached hydrogens (primary N) is 1. The van der Waals surface area contributed by atoms with E-state index in [1.54, 1.807) is 24.1 Å². The molecule has 0 saturated carbocycles. The van der Waals surface area contributed by atoms with Crippen LogP contribution in [0.4, 0.5) is 11.5 Å². The third kappa shape index (κ3) is 6.35. The Hall–Kier alpha value is -2.33. The number of anilines is 2. The monoisotopic (exact) mass is 485 g/mol. The van der Waals surface area contributed by atoms with E-state index in [0.717, 1.165) is 5.56 Å². The first-order valence-corrected chi connectivity index (χ1v) is 10.9. The molecule has 0 atom stereocenters. The summed E-state index contributed by atoms with van der Waals surface area (Å²) in [5.41, 5.74) is 5.56. The highest BCUT2D eigenvalue weighted by atomic mass is 35.5. The number of H-pyrrole nitrogens is 1. The Bertz CT molecular complexity index is 1070. The third-order valence-corrected chi connectivity index (χ3v) is 5.59. The Labute approximate surface area is 196 Å². The number of nitrogens with zero attached hydrogens (tertiary/aromatic N) is 3. The Kier molecular flexibility index (Phi) is 9.33. The SMILES string of the molecule is COCCN(C(=O)CN(C)Cc1cccc(Cl)c1Cl)c1c(N)n(CC(C)C)c(=O)[nH]c1=O. The first-order valence-electron chi connectivity index (χ1n) is 10.1. The molecule has 0 aliphatic carbocycles. The van der Waals surface area contributed by atoms with Crippen molar-refractivity contribution in [2.45, 2.75) is 26.9 Å². The van der Waals surface area contributed by atoms with E-state index in [9.17, 15) is 14.4 Å². The van der Waals surface area contributed by atoms with Gasteiger partial charge in [-0.3, -0.25) is 24.0 Å². The maximum absolute atomic E-state index is 13.2. The lowest BCUT2D eigenvalue weighted by molar-refractivity contribution is -0.119. The van der Waals surface area contributed by atoms with Gasteiger partial charge in [0.15, 0.2) is 5.69 Å². The number of nitrogen functional groups attached to an aromatic ring is 1. The maximum Gasteiger partial charge on any atom is 0.330 e. The van der Waals surface area contributed by atoms with Crippen molar-refractivity contribution < 1.29 is 9.53 Å². The molecule has 9 nitrogen and oxygen atoms in total. The second-order valence-corrected chi connectivity index (χ2v) is 8.71. The maximum atomic E-state index is 13.2. The summed E-state index contributed by atoms with van der Waals surface area (Å²) in [6.07, 6.45) is 0. The standard InChI is InChI=1S/C21H29Cl2N5O4/c1-13(2)10-28-19(24)18(20(30)25-21(28)31)27(8-9-32-4)16(29)12-26(3)11-14-6-5-7-15(22)17(14)23/h5-7,13H,8-12,24H2,1-4H3,(H,25,30,31). The first-order chi connectivity index (χ1) is 15.1. The second-order valence-electron chi connectivity index (χ2n) is 7.92. The molecule has 3 N–H and O–H groups in total. The van der Waals surface area contributed by atoms with Crippen molar-refractivity contribution >= 4 is 40.6 Å². The summed E-state index contributed by atoms with van der Waals surface area (Å²) in [5, 5.41) is 0.850. The number of ether oxygens (including phenoxy) is 1. The lowest BCUT2D eigenvalue weighted by Crippen LogP contribution is -2.46. The smallest absolute Gasteiger partial charge is 0.330 e. The zero-order valence-corrected chi connectivity index (χ0v) is 20.2. The largest absolute Gasteiger partial charge is 0.383 e. The second kappa shape index (κ2) is 11.5. The zero-order chi connectivity index (χ0) is 24.0. The molecule has 176 valence electrons. The van der Waals surface area contributed by atoms with E-state index in [2.05, 4.69) is 4.98 Å². The summed E-state index contributed by atoms with van der Waals surface area (Å²) in [7, 11) is 3.24. The number of aromatic nitrogens is 2. The molecule has 1 heterocycles. The van der Waals surface area contributed by atoms with Crippen LogP contribution in [0.3, 0.4) is 0 Å². The van der Waals surface area contributed by atoms with Gasteiger partial charge in [-0.2, -0.15) is 0 Å². The fraction of sp³-hybridized carbons (Fsp3) is 0.476. The molecule has 32 heavy (non-hydrogen) atoms. The third-order valence-electron chi connectivity index (χ3n) is 4.73. The normalized spacial score (nSPS) is 11.4. The average molecular weight is 486 g/mol. The van der Waals surface area contributed by atoms with Crippen molar-refractivity contribution in [3.63, 3.8) is 0 Å². The zero-order valence-electron chi connectivity index (χ0n) is 18.7. The first kappa shape index (κ1) is 25.9. The highest BCUT2D eigenvalue weighted by Crippen LogP contribution is 2.26. The molecule has 1 amide bonds. The van der Waals surface area contributed by atoms with Crippen LogP contribution in [0.5, 0.6) is 0 Å². The Balaban J connectivity index is 2.35. The van der Waals surface area contributed by atoms with Gasteiger partial charge in [0.25, 0.3) is 5.56 Å². The summed E-state index contributed by atoms with van der Waals surface area (Å²) in [6, 6.07) is 5.29. The molecule has 0 fully saturated rings. The van der Waals surface area contributed by atoms with Crippen LogP contribution in [-0.4, -0.2) is 54.2 Å². The Morgan fingerprint density at radius 2 is 1.97 bits per heavy atom. The van der Waals surface area contributed by atoms with Gasteiger partial charge in [-0.25, -0.2) is 4.79 Å². The van der Waals surface area contributed by atoms with E-state index in [4.69, 9.17) is 33.7 Å². The van der Waals surface area contributed by atoms with Crippen LogP contribution < -0.4 is 21.9 Å². The van der Waals surface area contributed by atoms with Gasteiger partial charge in [0.05, 0.1) is 23.2 Å². The molecule has 1 aromatic heterocycles. The molecule has 0 unspecified atom stereocenters. The van der Waals surface area contributed by atoms with Crippen LogP contribution >= 0.6 is 23.2 Å². The fourth-order valence-corrected chi connectivity index (χ4v) is 3.64. The number of rotatable bonds is 10. The van der Waals surface area contributed by atoms with Crippen molar-refractivity contribution in [2.75, 3.05) is 44.5 Å². The summed E-state index contributed by atoms with van der Waals surface area (Å²) in [6.45, 7) is 4.73. The van der Waals surface area contributed by atoms with Gasteiger partial charge >= 0.3 is 5.69 Å². The van der Waals surface area contributed by atoms with Crippen LogP contribution in [0.15, 0.2) is 27.8 Å². The van der Waals surface area contributed by atoms with E-state index in [1.165, 1.54) is 16.6 Å². The lowest BCUT2D eigenvalue weighted by Gasteiger charge is -2.27. The van der Waals surface area contributed by atoms with Gasteiger partial charge in [0.2, 0.25) is 5.91 Å². The summed E-state index contributed by atoms with van der Waals surface area (Å²) >= 11 is 12.3. The number of amides is 1. The highest BCUT2D eigenvalue weighted by Gasteiger charge is 2.25. The fourth-order valence-electron chi connectivity index (χ4n) is 3.26. The number of aromatic amines is 1. The molecular weight excluding hydrogens is 457 g/mol. The minimum absolute atomic E-state index is 0.0330. The Morgan fingerprint density at radius 1 is 1.28 bits per heavy atom. The number of benzene rings is 1. The summed E-state index contributed by atoms with van der Waals surface area (Å²) < 4.78 is 6.38. The number of likely N-dealkylation sites (N-methyl/N-ethyl adjacent to an activating group) is 1. The van der Waals surface area contributed by atoms with E-state index in [0.29, 0.717) is 23.1 Å². The van der Waals surface area contributed by atoms with Crippen molar-refractivity contribution in [1.82, 2.24) is 14.5 Å². The highest BCUT2D eigenvalue weighted by molar-refractivity contribution is 6.42. The van der Waals surface area contributed by atoms with E-state index in [1.807, 2.05) is 19.9 Å². The molecule has 0 spiro atoms. The molecule has 0 aliphatic rings. The number of carbonyl (C=O) groups is 1. The van der Waals surface area contributed by atoms with Gasteiger partial charge in [0, 0.05) is 26.7 Å². The predicted molar refractivity (Wildman–Crippen MR) is 128 cm³/mol. The molecule has 0 radical (unpaired) electrons. The van der Waals surface area contributed by atoms with Gasteiger partial charge in [-0.15, -0.1) is 0 Å². The number of halogens is 2. The van der Waals surface area contributed by atoms with Crippen molar-refractivity contribution in [2.24, 2.45) is 5.92 Å². The number of hydrogen-bond acceptors (Lipinski definition) is 6. The number of methoxy groups -OCH3 is 1. The van der Waals surface area contributed by atoms with Gasteiger partial charge in [-0.1, -0.05) is 49.2 Å². The lowest BCUT2D eigenvalue weighted by atomic mass is 10.2. The Morgan fingerprint density at radius 3 is 2.59 bits per heavy atom. The molecule has 11 heteroatoms. The van der Waals surface area contributed by atoms with Crippen molar-refractivity contribution in [3.05, 3.63) is 54.6 Å². The van der Waals surface area contributed by atoms with E-state index in [-0.39, 0.29) is 43.0 Å². The number of nitrogens with one attached hydrogen (secondary N) is 1. The molecule has 0 bridgehead atoms. The number of hydrogen-bond donors (Lipinski definition) is 2. The molecule has 2 rings (SSSR count). The van der Waals surface area contributed by atoms with Crippen LogP contribution in [-0.2, 0) is 22.6 Å². The minimum atomic E-state index is -0.725. The van der Waals surface area contributed by atoms with E-state index < -0.39 is 11.2 Å². The summed E-state index contributed by atoms with van der Waals surface area (Å²) in [4.78, 5) is 43.4. The van der Waals surface area contributed by atoms with Crippen molar-refractivity contribution in [1.29, 1.82) is 0 Å². The van der Waals surface area contributed by atoms with Gasteiger partial charge in [-0.05, 0) is 24.6 Å². The predicted octanol–water partition coefficient (Wildman–Crippen LogP) is 2.19. The van der Waals surface area contributed by atoms with Crippen LogP contribution in [0.1, 0.15) is 19.4 Å². The minimum Gasteiger partial charge on any atom is -0.383 e. The molecule has 0 saturated heterocycles. The molecule has 1 aromatic carbocycles. The topological polar surface area (TPSA) is 114 Å². The number of carbonyl (C=O) groups excluding carboxylic acids is 1. The van der Waals surface area contributed by atoms with E-state index >= 15 is 0 Å². The van der Waals surface area contributed by atoms with Crippen LogP contribution in [0.2, 0.25) is 10.0 Å². The van der Waals surface area contributed by atoms with Gasteiger partial charge in [0.1, 0.15) is 5.82 Å². The van der Waals surface area contributed by atoms with Gasteiger partial charge < -0.3 is 15.4 Å². The van der Waals surface area contributed by atoms with Crippen LogP contribution in [0.25, 0.3) is 0 Å². The quantitative estimate of drug-likeness (QED) is 0.533. The molecular formula is C21H29Cl2N5O4. The van der Waals surface area contributed by atoms with Crippen LogP contribution in [0, 0.1) is 5.92 Å². The molecule has 2 aromatic rings. The van der Waals surface area contributed by atoms with Crippen molar-refractivity contribution in [3.8, 4) is 0 Å². The average Bonchev–Trinajstić information content (AvgIpc) is 2.70.